The summed E-state index contributed by atoms with van der Waals surface area (Å²) in [5.74, 6) is 0.816. The molecule has 1 saturated heterocycles. The third-order valence-electron chi connectivity index (χ3n) is 3.44. The van der Waals surface area contributed by atoms with Gasteiger partial charge in [-0.1, -0.05) is 17.3 Å². The Hall–Kier alpha value is -1.83. The third kappa shape index (κ3) is 3.44. The van der Waals surface area contributed by atoms with Gasteiger partial charge in [0.2, 0.25) is 5.89 Å². The van der Waals surface area contributed by atoms with Crippen LogP contribution in [0.1, 0.15) is 23.4 Å². The van der Waals surface area contributed by atoms with Crippen molar-refractivity contribution in [2.45, 2.75) is 19.2 Å². The fourth-order valence-electron chi connectivity index (χ4n) is 2.36. The highest BCUT2D eigenvalue weighted by atomic mass is 19.1. The van der Waals surface area contributed by atoms with Crippen LogP contribution >= 0.6 is 0 Å². The Morgan fingerprint density at radius 1 is 1.33 bits per heavy atom. The van der Waals surface area contributed by atoms with Crippen molar-refractivity contribution < 1.29 is 13.7 Å². The van der Waals surface area contributed by atoms with Gasteiger partial charge in [-0.15, -0.1) is 0 Å². The normalized spacial score (nSPS) is 19.8. The third-order valence-corrected chi connectivity index (χ3v) is 3.44. The summed E-state index contributed by atoms with van der Waals surface area (Å²) < 4.78 is 23.7. The van der Waals surface area contributed by atoms with E-state index < -0.39 is 0 Å². The van der Waals surface area contributed by atoms with Gasteiger partial charge in [0, 0.05) is 13.1 Å². The molecule has 1 atom stereocenters. The molecule has 1 aliphatic heterocycles. The average molecular weight is 292 g/mol. The number of hydrogen-bond acceptors (Lipinski definition) is 6. The molecule has 3 rings (SSSR count). The summed E-state index contributed by atoms with van der Waals surface area (Å²) >= 11 is 0. The molecule has 2 N–H and O–H groups in total. The number of aromatic nitrogens is 2. The first-order valence-corrected chi connectivity index (χ1v) is 6.85. The van der Waals surface area contributed by atoms with Crippen LogP contribution in [0.15, 0.2) is 28.8 Å². The summed E-state index contributed by atoms with van der Waals surface area (Å²) in [6.45, 7) is 2.95. The van der Waals surface area contributed by atoms with E-state index in [1.54, 1.807) is 12.1 Å². The second-order valence-corrected chi connectivity index (χ2v) is 4.95. The van der Waals surface area contributed by atoms with Gasteiger partial charge in [-0.2, -0.15) is 4.98 Å². The fourth-order valence-corrected chi connectivity index (χ4v) is 2.36. The van der Waals surface area contributed by atoms with E-state index in [1.165, 1.54) is 12.1 Å². The number of hydrogen-bond donors (Lipinski definition) is 1. The molecule has 0 aliphatic carbocycles. The summed E-state index contributed by atoms with van der Waals surface area (Å²) in [4.78, 5) is 6.38. The second-order valence-electron chi connectivity index (χ2n) is 4.95. The molecule has 2 aromatic rings. The maximum absolute atomic E-state index is 13.0. The smallest absolute Gasteiger partial charge is 0.240 e. The Balaban J connectivity index is 1.63. The fraction of sp³-hybridized carbons (Fsp3) is 0.429. The minimum absolute atomic E-state index is 0.0692. The van der Waals surface area contributed by atoms with Crippen LogP contribution in [0.2, 0.25) is 0 Å². The maximum Gasteiger partial charge on any atom is 0.240 e. The van der Waals surface area contributed by atoms with E-state index in [9.17, 15) is 4.39 Å². The summed E-state index contributed by atoms with van der Waals surface area (Å²) in [5.41, 5.74) is 6.42. The lowest BCUT2D eigenvalue weighted by molar-refractivity contribution is -0.0338. The van der Waals surface area contributed by atoms with Crippen molar-refractivity contribution in [2.24, 2.45) is 5.73 Å². The van der Waals surface area contributed by atoms with E-state index >= 15 is 0 Å². The van der Waals surface area contributed by atoms with Gasteiger partial charge in [0.05, 0.1) is 25.8 Å². The highest BCUT2D eigenvalue weighted by molar-refractivity contribution is 5.19. The monoisotopic (exact) mass is 292 g/mol. The van der Waals surface area contributed by atoms with E-state index in [0.717, 1.165) is 12.1 Å². The molecule has 0 radical (unpaired) electrons. The van der Waals surface area contributed by atoms with E-state index in [1.807, 2.05) is 0 Å². The van der Waals surface area contributed by atoms with Crippen LogP contribution in [0.4, 0.5) is 4.39 Å². The number of rotatable bonds is 4. The molecule has 1 aliphatic rings. The molecule has 2 heterocycles. The largest absolute Gasteiger partial charge is 0.371 e. The van der Waals surface area contributed by atoms with Crippen LogP contribution in [0.3, 0.4) is 0 Å². The van der Waals surface area contributed by atoms with Crippen molar-refractivity contribution in [1.82, 2.24) is 15.0 Å². The van der Waals surface area contributed by atoms with Gasteiger partial charge in [0.1, 0.15) is 5.82 Å². The number of benzene rings is 1. The van der Waals surface area contributed by atoms with Crippen LogP contribution in [0, 0.1) is 5.82 Å². The second kappa shape index (κ2) is 6.30. The van der Waals surface area contributed by atoms with Crippen molar-refractivity contribution in [3.8, 4) is 0 Å². The first-order valence-electron chi connectivity index (χ1n) is 6.85. The highest BCUT2D eigenvalue weighted by Gasteiger charge is 2.23. The van der Waals surface area contributed by atoms with Crippen LogP contribution in [-0.2, 0) is 17.8 Å². The lowest BCUT2D eigenvalue weighted by atomic mass is 10.1. The van der Waals surface area contributed by atoms with Gasteiger partial charge in [-0.05, 0) is 17.7 Å². The first kappa shape index (κ1) is 14.1. The van der Waals surface area contributed by atoms with Crippen LogP contribution in [0.5, 0.6) is 0 Å². The Morgan fingerprint density at radius 3 is 2.86 bits per heavy atom. The molecule has 112 valence electrons. The summed E-state index contributed by atoms with van der Waals surface area (Å²) in [6, 6.07) is 6.41. The molecular formula is C14H17FN4O2. The molecule has 0 saturated carbocycles. The molecule has 1 unspecified atom stereocenters. The Kier molecular flexibility index (Phi) is 4.23. The predicted molar refractivity (Wildman–Crippen MR) is 72.6 cm³/mol. The van der Waals surface area contributed by atoms with Gasteiger partial charge >= 0.3 is 0 Å². The lowest BCUT2D eigenvalue weighted by Crippen LogP contribution is -2.38. The van der Waals surface area contributed by atoms with E-state index in [-0.39, 0.29) is 18.5 Å². The zero-order valence-corrected chi connectivity index (χ0v) is 11.5. The number of nitrogens with two attached hydrogens (primary N) is 1. The predicted octanol–water partition coefficient (Wildman–Crippen LogP) is 1.24. The zero-order chi connectivity index (χ0) is 14.7. The van der Waals surface area contributed by atoms with Gasteiger partial charge < -0.3 is 15.0 Å². The van der Waals surface area contributed by atoms with Crippen molar-refractivity contribution >= 4 is 0 Å². The quantitative estimate of drug-likeness (QED) is 0.913. The van der Waals surface area contributed by atoms with Gasteiger partial charge in [-0.25, -0.2) is 4.39 Å². The van der Waals surface area contributed by atoms with Crippen LogP contribution in [-0.4, -0.2) is 34.7 Å². The molecule has 1 aromatic heterocycles. The standard InChI is InChI=1S/C14H17FN4O2/c15-11-3-1-10(2-4-11)12-8-19(5-6-20-12)9-13-17-14(7-16)21-18-13/h1-4,12H,5-9,16H2. The summed E-state index contributed by atoms with van der Waals surface area (Å²) in [6.07, 6.45) is -0.0692. The van der Waals surface area contributed by atoms with Crippen molar-refractivity contribution in [3.63, 3.8) is 0 Å². The summed E-state index contributed by atoms with van der Waals surface area (Å²) in [5, 5.41) is 3.89. The molecule has 1 fully saturated rings. The molecule has 0 amide bonds. The van der Waals surface area contributed by atoms with Gasteiger partial charge in [0.15, 0.2) is 5.82 Å². The number of halogens is 1. The SMILES string of the molecule is NCc1nc(CN2CCOC(c3ccc(F)cc3)C2)no1. The minimum Gasteiger partial charge on any atom is -0.371 e. The topological polar surface area (TPSA) is 77.4 Å². The minimum atomic E-state index is -0.243. The molecule has 0 bridgehead atoms. The molecule has 6 nitrogen and oxygen atoms in total. The number of nitrogens with zero attached hydrogens (tertiary/aromatic N) is 3. The Morgan fingerprint density at radius 2 is 2.14 bits per heavy atom. The Bertz CT molecular complexity index is 587. The zero-order valence-electron chi connectivity index (χ0n) is 11.5. The molecular weight excluding hydrogens is 275 g/mol. The van der Waals surface area contributed by atoms with E-state index in [0.29, 0.717) is 31.4 Å². The van der Waals surface area contributed by atoms with Crippen molar-refractivity contribution in [1.29, 1.82) is 0 Å². The lowest BCUT2D eigenvalue weighted by Gasteiger charge is -2.32. The molecule has 1 aromatic carbocycles. The average Bonchev–Trinajstić information content (AvgIpc) is 2.96. The van der Waals surface area contributed by atoms with Gasteiger partial charge in [-0.3, -0.25) is 4.90 Å². The van der Waals surface area contributed by atoms with E-state index in [2.05, 4.69) is 15.0 Å². The number of ether oxygens (including phenoxy) is 1. The van der Waals surface area contributed by atoms with Crippen LogP contribution < -0.4 is 5.73 Å². The molecule has 21 heavy (non-hydrogen) atoms. The molecule has 0 spiro atoms. The van der Waals surface area contributed by atoms with Crippen molar-refractivity contribution in [3.05, 3.63) is 47.4 Å². The first-order chi connectivity index (χ1) is 10.2. The van der Waals surface area contributed by atoms with Gasteiger partial charge in [0.25, 0.3) is 0 Å². The highest BCUT2D eigenvalue weighted by Crippen LogP contribution is 2.23. The maximum atomic E-state index is 13.0. The van der Waals surface area contributed by atoms with Crippen LogP contribution in [0.25, 0.3) is 0 Å². The summed E-state index contributed by atoms with van der Waals surface area (Å²) in [7, 11) is 0. The van der Waals surface area contributed by atoms with E-state index in [4.69, 9.17) is 15.0 Å². The Labute approximate surface area is 121 Å². The number of morpholine rings is 1. The molecule has 7 heteroatoms. The van der Waals surface area contributed by atoms with Crippen molar-refractivity contribution in [2.75, 3.05) is 19.7 Å².